The molecule has 6 atom stereocenters. The lowest BCUT2D eigenvalue weighted by molar-refractivity contribution is -0.150. The van der Waals surface area contributed by atoms with Crippen molar-refractivity contribution >= 4 is 37.4 Å². The summed E-state index contributed by atoms with van der Waals surface area (Å²) in [5, 5.41) is 16.6. The van der Waals surface area contributed by atoms with Crippen LogP contribution in [0, 0.1) is 11.8 Å². The minimum absolute atomic E-state index is 0.0262. The average Bonchev–Trinajstić information content (AvgIpc) is 3.46. The van der Waals surface area contributed by atoms with Gasteiger partial charge < -0.3 is 35.1 Å². The minimum Gasteiger partial charge on any atom is -0.432 e. The lowest BCUT2D eigenvalue weighted by Gasteiger charge is -2.37. The van der Waals surface area contributed by atoms with Crippen LogP contribution in [0.5, 0.6) is 0 Å². The lowest BCUT2D eigenvalue weighted by atomic mass is 9.82. The fourth-order valence-electron chi connectivity index (χ4n) is 8.32. The van der Waals surface area contributed by atoms with Crippen molar-refractivity contribution in [1.82, 2.24) is 10.2 Å². The summed E-state index contributed by atoms with van der Waals surface area (Å²) in [5.74, 6) is -1.10. The number of anilines is 2. The molecule has 4 aliphatic rings. The monoisotopic (exact) mass is 646 g/mol. The molecule has 0 aromatic heterocycles. The van der Waals surface area contributed by atoms with Gasteiger partial charge in [0.2, 0.25) is 11.8 Å². The zero-order chi connectivity index (χ0) is 32.8. The second-order valence-electron chi connectivity index (χ2n) is 13.9. The van der Waals surface area contributed by atoms with E-state index in [2.05, 4.69) is 17.2 Å². The van der Waals surface area contributed by atoms with Crippen LogP contribution < -0.4 is 15.5 Å². The van der Waals surface area contributed by atoms with Crippen LogP contribution >= 0.6 is 0 Å². The van der Waals surface area contributed by atoms with Gasteiger partial charge in [0.15, 0.2) is 13.9 Å². The van der Waals surface area contributed by atoms with Crippen LogP contribution in [0.15, 0.2) is 55.1 Å². The standard InChI is InChI=1S/C35H46N4O6Si/c1-5-15-38-29-13-12-26(37-33(42)24-11-8-14-36-19-24)17-28(29)35(34(38)43)22(2)32(46(3,4)44)30(45-35)18-31(41)39-20-25-10-7-6-9-23(25)16-27(39)21-40/h5-7,9-10,12-13,17,22,24,27,30,32,36,40,44H,1,8,11,14-16,18-21H2,2-4H3,(H,37,42)/t22-,24?,27-,30+,32-,35+/m0/s1. The van der Waals surface area contributed by atoms with Gasteiger partial charge in [0, 0.05) is 42.3 Å². The molecule has 4 aliphatic heterocycles. The molecule has 11 heteroatoms. The van der Waals surface area contributed by atoms with Crippen molar-refractivity contribution in [2.24, 2.45) is 11.8 Å². The van der Waals surface area contributed by atoms with Gasteiger partial charge in [-0.1, -0.05) is 37.3 Å². The van der Waals surface area contributed by atoms with E-state index in [1.807, 2.05) is 56.4 Å². The molecule has 4 heterocycles. The number of rotatable bonds is 8. The molecule has 2 saturated heterocycles. The first kappa shape index (κ1) is 32.6. The molecule has 2 aromatic carbocycles. The van der Waals surface area contributed by atoms with Crippen LogP contribution in [0.4, 0.5) is 11.4 Å². The van der Waals surface area contributed by atoms with Crippen LogP contribution in [0.1, 0.15) is 42.9 Å². The van der Waals surface area contributed by atoms with Crippen LogP contribution in [-0.2, 0) is 37.7 Å². The number of nitrogens with zero attached hydrogens (tertiary/aromatic N) is 2. The molecule has 4 N–H and O–H groups in total. The summed E-state index contributed by atoms with van der Waals surface area (Å²) in [7, 11) is -3.01. The third kappa shape index (κ3) is 5.62. The number of nitrogens with one attached hydrogen (secondary N) is 2. The molecule has 10 nitrogen and oxygen atoms in total. The van der Waals surface area contributed by atoms with Crippen molar-refractivity contribution in [3.63, 3.8) is 0 Å². The van der Waals surface area contributed by atoms with E-state index in [1.54, 1.807) is 21.9 Å². The van der Waals surface area contributed by atoms with Crippen molar-refractivity contribution in [1.29, 1.82) is 0 Å². The predicted octanol–water partition coefficient (Wildman–Crippen LogP) is 3.29. The van der Waals surface area contributed by atoms with Gasteiger partial charge in [-0.25, -0.2) is 0 Å². The fraction of sp³-hybridized carbons (Fsp3) is 0.514. The molecule has 46 heavy (non-hydrogen) atoms. The number of carbonyl (C=O) groups is 3. The number of carbonyl (C=O) groups excluding carboxylic acids is 3. The van der Waals surface area contributed by atoms with Gasteiger partial charge in [0.25, 0.3) is 5.91 Å². The first-order valence-corrected chi connectivity index (χ1v) is 19.5. The van der Waals surface area contributed by atoms with E-state index in [1.165, 1.54) is 0 Å². The Labute approximate surface area is 271 Å². The predicted molar refractivity (Wildman–Crippen MR) is 179 cm³/mol. The third-order valence-electron chi connectivity index (χ3n) is 10.5. The van der Waals surface area contributed by atoms with Gasteiger partial charge in [-0.2, -0.15) is 0 Å². The third-order valence-corrected chi connectivity index (χ3v) is 13.0. The minimum atomic E-state index is -3.01. The van der Waals surface area contributed by atoms with E-state index >= 15 is 0 Å². The lowest BCUT2D eigenvalue weighted by Crippen LogP contribution is -2.48. The van der Waals surface area contributed by atoms with Gasteiger partial charge in [-0.3, -0.25) is 14.4 Å². The Morgan fingerprint density at radius 3 is 2.65 bits per heavy atom. The second kappa shape index (κ2) is 12.7. The molecular formula is C35H46N4O6Si. The van der Waals surface area contributed by atoms with Crippen LogP contribution in [0.25, 0.3) is 0 Å². The van der Waals surface area contributed by atoms with Crippen LogP contribution in [-0.4, -0.2) is 79.2 Å². The summed E-state index contributed by atoms with van der Waals surface area (Å²) >= 11 is 0. The molecule has 0 saturated carbocycles. The normalized spacial score (nSPS) is 29.1. The number of amides is 3. The summed E-state index contributed by atoms with van der Waals surface area (Å²) in [6, 6.07) is 13.1. The van der Waals surface area contributed by atoms with Crippen molar-refractivity contribution in [3.05, 3.63) is 71.8 Å². The fourth-order valence-corrected chi connectivity index (χ4v) is 10.9. The van der Waals surface area contributed by atoms with Gasteiger partial charge in [0.05, 0.1) is 36.8 Å². The molecule has 0 radical (unpaired) electrons. The Morgan fingerprint density at radius 2 is 1.98 bits per heavy atom. The molecule has 1 spiro atoms. The number of hydrogen-bond donors (Lipinski definition) is 4. The van der Waals surface area contributed by atoms with E-state index < -0.39 is 31.5 Å². The maximum atomic E-state index is 14.5. The largest absolute Gasteiger partial charge is 0.432 e. The maximum absolute atomic E-state index is 14.5. The molecule has 2 aromatic rings. The van der Waals surface area contributed by atoms with Gasteiger partial charge in [0.1, 0.15) is 0 Å². The van der Waals surface area contributed by atoms with Crippen molar-refractivity contribution in [3.8, 4) is 0 Å². The number of aliphatic hydroxyl groups is 1. The number of ether oxygens (including phenoxy) is 1. The van der Waals surface area contributed by atoms with Crippen LogP contribution in [0.3, 0.4) is 0 Å². The summed E-state index contributed by atoms with van der Waals surface area (Å²) in [6.45, 7) is 11.5. The van der Waals surface area contributed by atoms with Gasteiger partial charge >= 0.3 is 0 Å². The van der Waals surface area contributed by atoms with Gasteiger partial charge in [-0.15, -0.1) is 6.58 Å². The summed E-state index contributed by atoms with van der Waals surface area (Å²) in [4.78, 5) is 56.7. The van der Waals surface area contributed by atoms with E-state index in [0.29, 0.717) is 36.4 Å². The first-order valence-electron chi connectivity index (χ1n) is 16.5. The molecule has 2 fully saturated rings. The quantitative estimate of drug-likeness (QED) is 0.256. The van der Waals surface area contributed by atoms with E-state index in [0.717, 1.165) is 30.5 Å². The number of piperidine rings is 1. The molecule has 246 valence electrons. The zero-order valence-corrected chi connectivity index (χ0v) is 28.0. The molecular weight excluding hydrogens is 600 g/mol. The van der Waals surface area contributed by atoms with E-state index in [4.69, 9.17) is 4.74 Å². The Kier molecular flexibility index (Phi) is 8.99. The van der Waals surface area contributed by atoms with E-state index in [-0.39, 0.29) is 49.3 Å². The van der Waals surface area contributed by atoms with Gasteiger partial charge in [-0.05, 0) is 68.2 Å². The summed E-state index contributed by atoms with van der Waals surface area (Å²) in [6.07, 6.45) is 3.22. The first-order chi connectivity index (χ1) is 22.0. The van der Waals surface area contributed by atoms with Crippen LogP contribution in [0.2, 0.25) is 18.6 Å². The smallest absolute Gasteiger partial charge is 0.264 e. The highest BCUT2D eigenvalue weighted by Gasteiger charge is 2.66. The highest BCUT2D eigenvalue weighted by Crippen LogP contribution is 2.60. The Balaban J connectivity index is 1.34. The average molecular weight is 647 g/mol. The molecule has 6 rings (SSSR count). The number of fused-ring (bicyclic) bond motifs is 3. The number of aliphatic hydroxyl groups excluding tert-OH is 1. The molecule has 1 unspecified atom stereocenters. The second-order valence-corrected chi connectivity index (χ2v) is 17.8. The highest BCUT2D eigenvalue weighted by atomic mass is 28.4. The Morgan fingerprint density at radius 1 is 1.22 bits per heavy atom. The number of hydrogen-bond acceptors (Lipinski definition) is 7. The van der Waals surface area contributed by atoms with Crippen molar-refractivity contribution < 1.29 is 29.0 Å². The summed E-state index contributed by atoms with van der Waals surface area (Å²) < 4.78 is 6.87. The van der Waals surface area contributed by atoms with E-state index in [9.17, 15) is 24.3 Å². The molecule has 3 amide bonds. The van der Waals surface area contributed by atoms with Crippen molar-refractivity contribution in [2.45, 2.75) is 75.5 Å². The van der Waals surface area contributed by atoms with Crippen molar-refractivity contribution in [2.75, 3.05) is 36.5 Å². The zero-order valence-electron chi connectivity index (χ0n) is 27.0. The maximum Gasteiger partial charge on any atom is 0.264 e. The molecule has 0 aliphatic carbocycles. The Hall–Kier alpha value is -3.35. The highest BCUT2D eigenvalue weighted by molar-refractivity contribution is 6.71. The Bertz CT molecular complexity index is 1520. The number of benzene rings is 2. The topological polar surface area (TPSA) is 131 Å². The SMILES string of the molecule is C=CCN1C(=O)[C@]2(O[C@H](CC(=O)N3Cc4ccccc4C[C@H]3CO)[C@@H]([Si](C)(C)O)[C@@H]2C)c2cc(NC(=O)C3CCCNC3)ccc21. The summed E-state index contributed by atoms with van der Waals surface area (Å²) in [5.41, 5.74) is 2.16. The molecule has 0 bridgehead atoms.